The van der Waals surface area contributed by atoms with Gasteiger partial charge in [0.2, 0.25) is 0 Å². The highest BCUT2D eigenvalue weighted by molar-refractivity contribution is 5.91. The van der Waals surface area contributed by atoms with Crippen molar-refractivity contribution < 1.29 is 9.53 Å². The molecule has 0 aliphatic carbocycles. The molecule has 0 radical (unpaired) electrons. The number of ether oxygens (including phenoxy) is 1. The van der Waals surface area contributed by atoms with Crippen LogP contribution in [-0.4, -0.2) is 41.2 Å². The first kappa shape index (κ1) is 15.2. The fourth-order valence-corrected chi connectivity index (χ4v) is 1.92. The first-order chi connectivity index (χ1) is 10.1. The van der Waals surface area contributed by atoms with Crippen molar-refractivity contribution in [2.24, 2.45) is 0 Å². The third kappa shape index (κ3) is 3.88. The van der Waals surface area contributed by atoms with Gasteiger partial charge >= 0.3 is 0 Å². The fourth-order valence-electron chi connectivity index (χ4n) is 1.92. The molecule has 0 bridgehead atoms. The summed E-state index contributed by atoms with van der Waals surface area (Å²) in [5.74, 6) is -0.241. The van der Waals surface area contributed by atoms with Crippen molar-refractivity contribution in [1.29, 1.82) is 0 Å². The van der Waals surface area contributed by atoms with E-state index in [2.05, 4.69) is 39.9 Å². The number of rotatable bonds is 6. The maximum absolute atomic E-state index is 11.9. The Morgan fingerprint density at radius 2 is 2.10 bits per heavy atom. The molecule has 1 N–H and O–H groups in total. The van der Waals surface area contributed by atoms with Gasteiger partial charge < -0.3 is 10.1 Å². The number of nitrogens with one attached hydrogen (secondary N) is 1. The summed E-state index contributed by atoms with van der Waals surface area (Å²) in [7, 11) is 1.59. The molecule has 0 fully saturated rings. The largest absolute Gasteiger partial charge is 0.383 e. The number of methoxy groups -OCH3 is 1. The number of hydrogen-bond acceptors (Lipinski definition) is 4. The zero-order valence-corrected chi connectivity index (χ0v) is 12.5. The molecule has 1 aromatic carbocycles. The molecule has 0 saturated carbocycles. The third-order valence-electron chi connectivity index (χ3n) is 3.29. The van der Waals surface area contributed by atoms with E-state index in [1.54, 1.807) is 18.0 Å². The third-order valence-corrected chi connectivity index (χ3v) is 3.29. The minimum absolute atomic E-state index is 0.0265. The van der Waals surface area contributed by atoms with Crippen LogP contribution < -0.4 is 5.32 Å². The summed E-state index contributed by atoms with van der Waals surface area (Å²) >= 11 is 0. The summed E-state index contributed by atoms with van der Waals surface area (Å²) < 4.78 is 6.57. The lowest BCUT2D eigenvalue weighted by Gasteiger charge is -2.11. The molecule has 1 aromatic heterocycles. The topological polar surface area (TPSA) is 69.0 Å². The van der Waals surface area contributed by atoms with E-state index in [1.807, 2.05) is 13.8 Å². The van der Waals surface area contributed by atoms with Crippen molar-refractivity contribution in [3.8, 4) is 0 Å². The van der Waals surface area contributed by atoms with Gasteiger partial charge in [0.1, 0.15) is 0 Å². The Kier molecular flexibility index (Phi) is 5.05. The van der Waals surface area contributed by atoms with E-state index < -0.39 is 0 Å². The highest BCUT2D eigenvalue weighted by Gasteiger charge is 2.14. The molecule has 6 nitrogen and oxygen atoms in total. The summed E-state index contributed by atoms with van der Waals surface area (Å²) in [5.41, 5.74) is 2.64. The van der Waals surface area contributed by atoms with Crippen molar-refractivity contribution in [1.82, 2.24) is 20.3 Å². The van der Waals surface area contributed by atoms with Crippen LogP contribution in [0, 0.1) is 6.92 Å². The Hall–Kier alpha value is -2.21. The van der Waals surface area contributed by atoms with Crippen molar-refractivity contribution >= 4 is 5.91 Å². The molecule has 2 aromatic rings. The van der Waals surface area contributed by atoms with Crippen LogP contribution in [0.2, 0.25) is 0 Å². The molecule has 1 amide bonds. The van der Waals surface area contributed by atoms with E-state index in [9.17, 15) is 4.79 Å². The summed E-state index contributed by atoms with van der Waals surface area (Å²) in [6.07, 6.45) is 1.66. The predicted molar refractivity (Wildman–Crippen MR) is 79.2 cm³/mol. The van der Waals surface area contributed by atoms with Gasteiger partial charge in [0.25, 0.3) is 5.91 Å². The van der Waals surface area contributed by atoms with Gasteiger partial charge in [-0.2, -0.15) is 0 Å². The van der Waals surface area contributed by atoms with Gasteiger partial charge in [-0.15, -0.1) is 5.10 Å². The van der Waals surface area contributed by atoms with E-state index in [1.165, 1.54) is 5.56 Å². The number of aryl methyl sites for hydroxylation is 1. The van der Waals surface area contributed by atoms with Crippen LogP contribution in [0.5, 0.6) is 0 Å². The van der Waals surface area contributed by atoms with E-state index in [-0.39, 0.29) is 11.9 Å². The SMILES string of the molecule is COCCNC(=O)c1cn([C@@H](C)c2ccc(C)cc2)nn1. The second-order valence-corrected chi connectivity index (χ2v) is 4.92. The zero-order valence-electron chi connectivity index (χ0n) is 12.5. The van der Waals surface area contributed by atoms with E-state index in [4.69, 9.17) is 4.74 Å². The minimum Gasteiger partial charge on any atom is -0.383 e. The van der Waals surface area contributed by atoms with Crippen LogP contribution in [0.15, 0.2) is 30.5 Å². The van der Waals surface area contributed by atoms with Gasteiger partial charge in [-0.25, -0.2) is 4.68 Å². The molecular weight excluding hydrogens is 268 g/mol. The molecule has 112 valence electrons. The Morgan fingerprint density at radius 1 is 1.38 bits per heavy atom. The minimum atomic E-state index is -0.241. The lowest BCUT2D eigenvalue weighted by atomic mass is 10.1. The molecule has 21 heavy (non-hydrogen) atoms. The number of hydrogen-bond donors (Lipinski definition) is 1. The van der Waals surface area contributed by atoms with E-state index >= 15 is 0 Å². The molecular formula is C15H20N4O2. The second-order valence-electron chi connectivity index (χ2n) is 4.92. The number of nitrogens with zero attached hydrogens (tertiary/aromatic N) is 3. The summed E-state index contributed by atoms with van der Waals surface area (Å²) in [6, 6.07) is 8.25. The highest BCUT2D eigenvalue weighted by Crippen LogP contribution is 2.17. The average molecular weight is 288 g/mol. The Labute approximate surface area is 124 Å². The number of benzene rings is 1. The fraction of sp³-hybridized carbons (Fsp3) is 0.400. The lowest BCUT2D eigenvalue weighted by Crippen LogP contribution is -2.27. The second kappa shape index (κ2) is 6.99. The standard InChI is InChI=1S/C15H20N4O2/c1-11-4-6-13(7-5-11)12(2)19-10-14(17-18-19)15(20)16-8-9-21-3/h4-7,10,12H,8-9H2,1-3H3,(H,16,20)/t12-/m0/s1. The molecule has 0 saturated heterocycles. The van der Waals surface area contributed by atoms with Crippen LogP contribution in [0.3, 0.4) is 0 Å². The summed E-state index contributed by atoms with van der Waals surface area (Å²) in [5, 5.41) is 10.7. The van der Waals surface area contributed by atoms with Gasteiger partial charge in [-0.3, -0.25) is 4.79 Å². The number of carbonyl (C=O) groups is 1. The summed E-state index contributed by atoms with van der Waals surface area (Å²) in [6.45, 7) is 4.99. The molecule has 0 aliphatic heterocycles. The number of carbonyl (C=O) groups excluding carboxylic acids is 1. The van der Waals surface area contributed by atoms with Crippen molar-refractivity contribution in [3.05, 3.63) is 47.3 Å². The average Bonchev–Trinajstić information content (AvgIpc) is 2.97. The first-order valence-electron chi connectivity index (χ1n) is 6.87. The molecule has 1 heterocycles. The number of aromatic nitrogens is 3. The van der Waals surface area contributed by atoms with Crippen molar-refractivity contribution in [2.45, 2.75) is 19.9 Å². The van der Waals surface area contributed by atoms with E-state index in [0.29, 0.717) is 18.8 Å². The maximum Gasteiger partial charge on any atom is 0.273 e. The molecule has 2 rings (SSSR count). The smallest absolute Gasteiger partial charge is 0.273 e. The predicted octanol–water partition coefficient (Wildman–Crippen LogP) is 1.57. The highest BCUT2D eigenvalue weighted by atomic mass is 16.5. The van der Waals surface area contributed by atoms with Gasteiger partial charge in [0.15, 0.2) is 5.69 Å². The Balaban J connectivity index is 2.05. The van der Waals surface area contributed by atoms with Gasteiger partial charge in [-0.1, -0.05) is 35.0 Å². The first-order valence-corrected chi connectivity index (χ1v) is 6.87. The Morgan fingerprint density at radius 3 is 2.76 bits per heavy atom. The van der Waals surface area contributed by atoms with Crippen molar-refractivity contribution in [2.75, 3.05) is 20.3 Å². The maximum atomic E-state index is 11.9. The lowest BCUT2D eigenvalue weighted by molar-refractivity contribution is 0.0932. The van der Waals surface area contributed by atoms with Crippen LogP contribution in [0.4, 0.5) is 0 Å². The monoisotopic (exact) mass is 288 g/mol. The quantitative estimate of drug-likeness (QED) is 0.819. The van der Waals surface area contributed by atoms with E-state index in [0.717, 1.165) is 5.56 Å². The van der Waals surface area contributed by atoms with Gasteiger partial charge in [0.05, 0.1) is 18.8 Å². The Bertz CT molecular complexity index is 592. The normalized spacial score (nSPS) is 12.1. The van der Waals surface area contributed by atoms with Gasteiger partial charge in [0, 0.05) is 13.7 Å². The molecule has 1 atom stereocenters. The number of amides is 1. The van der Waals surface area contributed by atoms with Gasteiger partial charge in [-0.05, 0) is 19.4 Å². The molecule has 0 aliphatic rings. The van der Waals surface area contributed by atoms with Crippen LogP contribution in [-0.2, 0) is 4.74 Å². The molecule has 0 spiro atoms. The zero-order chi connectivity index (χ0) is 15.2. The van der Waals surface area contributed by atoms with Crippen LogP contribution >= 0.6 is 0 Å². The molecule has 6 heteroatoms. The van der Waals surface area contributed by atoms with Crippen molar-refractivity contribution in [3.63, 3.8) is 0 Å². The summed E-state index contributed by atoms with van der Waals surface area (Å²) in [4.78, 5) is 11.9. The van der Waals surface area contributed by atoms with Crippen LogP contribution in [0.25, 0.3) is 0 Å². The van der Waals surface area contributed by atoms with Crippen LogP contribution in [0.1, 0.15) is 34.6 Å². The molecule has 0 unspecified atom stereocenters.